The fraction of sp³-hybridized carbons (Fsp3) is 0.769. The van der Waals surface area contributed by atoms with Crippen molar-refractivity contribution >= 4 is 0 Å². The van der Waals surface area contributed by atoms with Gasteiger partial charge in [0.25, 0.3) is 0 Å². The topological polar surface area (TPSA) is 66.5 Å². The molecule has 1 aromatic rings. The standard InChI is InChI=1S/C13H21N5/c1-10-16-11(2)18(17-10)8-6-12-5-4-7-13(12,9-14)15-3/h12,15H,4-8H2,1-3H3. The van der Waals surface area contributed by atoms with Gasteiger partial charge in [0.1, 0.15) is 17.2 Å². The SMILES string of the molecule is CNC1(C#N)CCCC1CCn1nc(C)nc1C. The zero-order valence-electron chi connectivity index (χ0n) is 11.4. The lowest BCUT2D eigenvalue weighted by molar-refractivity contribution is 0.301. The molecular weight excluding hydrogens is 226 g/mol. The van der Waals surface area contributed by atoms with Crippen LogP contribution in [0.2, 0.25) is 0 Å². The van der Waals surface area contributed by atoms with Crippen LogP contribution in [0.3, 0.4) is 0 Å². The summed E-state index contributed by atoms with van der Waals surface area (Å²) < 4.78 is 1.95. The van der Waals surface area contributed by atoms with Crippen LogP contribution in [-0.4, -0.2) is 27.4 Å². The Balaban J connectivity index is 2.02. The first-order valence-corrected chi connectivity index (χ1v) is 6.59. The molecule has 0 bridgehead atoms. The summed E-state index contributed by atoms with van der Waals surface area (Å²) in [6, 6.07) is 2.48. The molecule has 2 rings (SSSR count). The molecule has 5 nitrogen and oxygen atoms in total. The highest BCUT2D eigenvalue weighted by molar-refractivity contribution is 5.13. The summed E-state index contributed by atoms with van der Waals surface area (Å²) in [7, 11) is 1.90. The molecule has 2 unspecified atom stereocenters. The zero-order valence-corrected chi connectivity index (χ0v) is 11.4. The fourth-order valence-corrected chi connectivity index (χ4v) is 3.05. The molecule has 1 heterocycles. The molecule has 1 aliphatic carbocycles. The van der Waals surface area contributed by atoms with E-state index in [0.717, 1.165) is 43.9 Å². The van der Waals surface area contributed by atoms with Crippen LogP contribution in [0, 0.1) is 31.1 Å². The number of hydrogen-bond acceptors (Lipinski definition) is 4. The highest BCUT2D eigenvalue weighted by atomic mass is 15.3. The normalized spacial score (nSPS) is 27.3. The summed E-state index contributed by atoms with van der Waals surface area (Å²) in [5.41, 5.74) is -0.330. The van der Waals surface area contributed by atoms with Gasteiger partial charge in [-0.05, 0) is 46.1 Å². The van der Waals surface area contributed by atoms with E-state index in [0.29, 0.717) is 5.92 Å². The molecule has 2 atom stereocenters. The molecule has 0 aliphatic heterocycles. The highest BCUT2D eigenvalue weighted by Gasteiger charge is 2.41. The Morgan fingerprint density at radius 2 is 2.33 bits per heavy atom. The van der Waals surface area contributed by atoms with Crippen molar-refractivity contribution in [1.82, 2.24) is 20.1 Å². The largest absolute Gasteiger partial charge is 0.302 e. The molecule has 5 heteroatoms. The van der Waals surface area contributed by atoms with Gasteiger partial charge in [0.15, 0.2) is 0 Å². The Hall–Kier alpha value is -1.41. The molecule has 0 aromatic carbocycles. The minimum Gasteiger partial charge on any atom is -0.302 e. The minimum absolute atomic E-state index is 0.330. The lowest BCUT2D eigenvalue weighted by atomic mass is 9.86. The average molecular weight is 247 g/mol. The maximum Gasteiger partial charge on any atom is 0.147 e. The van der Waals surface area contributed by atoms with E-state index in [1.807, 2.05) is 25.6 Å². The lowest BCUT2D eigenvalue weighted by Crippen LogP contribution is -2.45. The van der Waals surface area contributed by atoms with Crippen molar-refractivity contribution in [1.29, 1.82) is 5.26 Å². The van der Waals surface area contributed by atoms with Gasteiger partial charge < -0.3 is 5.32 Å². The Bertz CT molecular complexity index is 458. The first-order chi connectivity index (χ1) is 8.61. The van der Waals surface area contributed by atoms with E-state index in [-0.39, 0.29) is 5.54 Å². The number of nitriles is 1. The van der Waals surface area contributed by atoms with E-state index in [9.17, 15) is 5.26 Å². The molecule has 1 aromatic heterocycles. The quantitative estimate of drug-likeness (QED) is 0.877. The number of nitrogens with zero attached hydrogens (tertiary/aromatic N) is 4. The van der Waals surface area contributed by atoms with E-state index in [4.69, 9.17) is 0 Å². The maximum atomic E-state index is 9.40. The lowest BCUT2D eigenvalue weighted by Gasteiger charge is -2.28. The van der Waals surface area contributed by atoms with Gasteiger partial charge in [0.05, 0.1) is 6.07 Å². The van der Waals surface area contributed by atoms with Gasteiger partial charge in [-0.25, -0.2) is 4.98 Å². The Morgan fingerprint density at radius 3 is 2.89 bits per heavy atom. The molecular formula is C13H21N5. The van der Waals surface area contributed by atoms with Crippen LogP contribution in [0.4, 0.5) is 0 Å². The van der Waals surface area contributed by atoms with Gasteiger partial charge in [-0.2, -0.15) is 10.4 Å². The Morgan fingerprint density at radius 1 is 1.56 bits per heavy atom. The van der Waals surface area contributed by atoms with E-state index in [2.05, 4.69) is 21.5 Å². The Kier molecular flexibility index (Phi) is 3.67. The highest BCUT2D eigenvalue weighted by Crippen LogP contribution is 2.37. The predicted octanol–water partition coefficient (Wildman–Crippen LogP) is 1.57. The second-order valence-corrected chi connectivity index (χ2v) is 5.14. The summed E-state index contributed by atoms with van der Waals surface area (Å²) >= 11 is 0. The first kappa shape index (κ1) is 13.0. The number of aromatic nitrogens is 3. The molecule has 1 aliphatic rings. The molecule has 1 saturated carbocycles. The summed E-state index contributed by atoms with van der Waals surface area (Å²) in [5, 5.41) is 17.0. The van der Waals surface area contributed by atoms with Crippen molar-refractivity contribution in [2.45, 2.75) is 51.6 Å². The maximum absolute atomic E-state index is 9.40. The van der Waals surface area contributed by atoms with Gasteiger partial charge in [-0.3, -0.25) is 4.68 Å². The van der Waals surface area contributed by atoms with E-state index >= 15 is 0 Å². The third-order valence-electron chi connectivity index (χ3n) is 4.12. The summed E-state index contributed by atoms with van der Waals surface area (Å²) in [5.74, 6) is 2.19. The third kappa shape index (κ3) is 2.25. The third-order valence-corrected chi connectivity index (χ3v) is 4.12. The Labute approximate surface area is 108 Å². The van der Waals surface area contributed by atoms with Crippen molar-refractivity contribution in [2.24, 2.45) is 5.92 Å². The zero-order chi connectivity index (χ0) is 13.2. The van der Waals surface area contributed by atoms with Gasteiger partial charge >= 0.3 is 0 Å². The average Bonchev–Trinajstić information content (AvgIpc) is 2.90. The van der Waals surface area contributed by atoms with Crippen LogP contribution in [0.1, 0.15) is 37.3 Å². The van der Waals surface area contributed by atoms with Crippen molar-refractivity contribution < 1.29 is 0 Å². The predicted molar refractivity (Wildman–Crippen MR) is 68.9 cm³/mol. The van der Waals surface area contributed by atoms with Crippen LogP contribution in [0.15, 0.2) is 0 Å². The molecule has 0 radical (unpaired) electrons. The van der Waals surface area contributed by atoms with Crippen LogP contribution in [0.25, 0.3) is 0 Å². The van der Waals surface area contributed by atoms with E-state index < -0.39 is 0 Å². The van der Waals surface area contributed by atoms with E-state index in [1.54, 1.807) is 0 Å². The van der Waals surface area contributed by atoms with Gasteiger partial charge in [0.2, 0.25) is 0 Å². The first-order valence-electron chi connectivity index (χ1n) is 6.59. The molecule has 1 N–H and O–H groups in total. The second-order valence-electron chi connectivity index (χ2n) is 5.14. The summed E-state index contributed by atoms with van der Waals surface area (Å²) in [4.78, 5) is 4.30. The fourth-order valence-electron chi connectivity index (χ4n) is 3.05. The molecule has 0 spiro atoms. The second kappa shape index (κ2) is 5.07. The van der Waals surface area contributed by atoms with Crippen LogP contribution < -0.4 is 5.32 Å². The van der Waals surface area contributed by atoms with Crippen molar-refractivity contribution in [3.63, 3.8) is 0 Å². The van der Waals surface area contributed by atoms with Crippen molar-refractivity contribution in [2.75, 3.05) is 7.05 Å². The number of hydrogen-bond donors (Lipinski definition) is 1. The molecule has 0 amide bonds. The minimum atomic E-state index is -0.330. The van der Waals surface area contributed by atoms with Crippen LogP contribution in [0.5, 0.6) is 0 Å². The van der Waals surface area contributed by atoms with Crippen molar-refractivity contribution in [3.8, 4) is 6.07 Å². The number of rotatable bonds is 4. The molecule has 1 fully saturated rings. The van der Waals surface area contributed by atoms with Crippen LogP contribution in [-0.2, 0) is 6.54 Å². The molecule has 18 heavy (non-hydrogen) atoms. The summed E-state index contributed by atoms with van der Waals surface area (Å²) in [6.45, 7) is 4.74. The van der Waals surface area contributed by atoms with Crippen molar-refractivity contribution in [3.05, 3.63) is 11.6 Å². The smallest absolute Gasteiger partial charge is 0.147 e. The summed E-state index contributed by atoms with van der Waals surface area (Å²) in [6.07, 6.45) is 4.20. The monoisotopic (exact) mass is 247 g/mol. The number of aryl methyl sites for hydroxylation is 3. The van der Waals surface area contributed by atoms with Gasteiger partial charge in [-0.1, -0.05) is 6.42 Å². The number of nitrogens with one attached hydrogen (secondary N) is 1. The molecule has 98 valence electrons. The van der Waals surface area contributed by atoms with Crippen LogP contribution >= 0.6 is 0 Å². The molecule has 0 saturated heterocycles. The van der Waals surface area contributed by atoms with Gasteiger partial charge in [0, 0.05) is 6.54 Å². The van der Waals surface area contributed by atoms with Gasteiger partial charge in [-0.15, -0.1) is 0 Å². The van der Waals surface area contributed by atoms with E-state index in [1.165, 1.54) is 0 Å².